The van der Waals surface area contributed by atoms with Gasteiger partial charge in [-0.15, -0.1) is 0 Å². The zero-order valence-corrected chi connectivity index (χ0v) is 32.7. The maximum atomic E-state index is 14.5. The van der Waals surface area contributed by atoms with E-state index in [2.05, 4.69) is 21.3 Å². The lowest BCUT2D eigenvalue weighted by molar-refractivity contribution is -0.163. The minimum Gasteiger partial charge on any atom is -0.458 e. The predicted molar refractivity (Wildman–Crippen MR) is 201 cm³/mol. The molecule has 304 valence electrons. The standard InChI is InChI=1S/C39H51F2N7O8/c1-8-15-47-24(5)38(54)56-25(6)32(37(53)48-16-9-10-31(48)36(52)46(7)23(4)33(49)42-22(3)35(47)51)45-34(50)30(19-26-17-27(40)20-28(41)18-26)44-39(55)43-29-13-11-21(2)12-14-29/h11-14,17-18,20,22-25,30-32H,8-10,15-16,19H2,1-7H3,(H,42,49)(H,45,50)(H2,43,44,55)/t22-,23-,24?,25-,30-,31?,32-/m0/s1. The molecule has 2 aliphatic rings. The highest BCUT2D eigenvalue weighted by atomic mass is 19.1. The molecule has 4 N–H and O–H groups in total. The Bertz CT molecular complexity index is 1790. The molecule has 2 aromatic rings. The second kappa shape index (κ2) is 18.8. The van der Waals surface area contributed by atoms with E-state index in [1.54, 1.807) is 31.2 Å². The Labute approximate surface area is 324 Å². The zero-order valence-electron chi connectivity index (χ0n) is 32.7. The van der Waals surface area contributed by atoms with Crippen molar-refractivity contribution >= 4 is 47.2 Å². The van der Waals surface area contributed by atoms with E-state index in [1.807, 2.05) is 6.92 Å². The maximum Gasteiger partial charge on any atom is 0.328 e. The highest BCUT2D eigenvalue weighted by Crippen LogP contribution is 2.23. The number of carbonyl (C=O) groups is 7. The van der Waals surface area contributed by atoms with Crippen LogP contribution in [0.5, 0.6) is 0 Å². The van der Waals surface area contributed by atoms with Gasteiger partial charge in [-0.3, -0.25) is 24.0 Å². The molecule has 2 fully saturated rings. The van der Waals surface area contributed by atoms with Gasteiger partial charge in [0.1, 0.15) is 54.0 Å². The second-order valence-corrected chi connectivity index (χ2v) is 14.4. The number of nitrogens with zero attached hydrogens (tertiary/aromatic N) is 3. The van der Waals surface area contributed by atoms with Crippen LogP contribution in [0, 0.1) is 18.6 Å². The van der Waals surface area contributed by atoms with Crippen molar-refractivity contribution < 1.29 is 47.1 Å². The van der Waals surface area contributed by atoms with Crippen molar-refractivity contribution in [3.05, 3.63) is 65.2 Å². The second-order valence-electron chi connectivity index (χ2n) is 14.4. The summed E-state index contributed by atoms with van der Waals surface area (Å²) in [5.74, 6) is -6.30. The number of fused-ring (bicyclic) bond motifs is 1. The summed E-state index contributed by atoms with van der Waals surface area (Å²) < 4.78 is 34.3. The summed E-state index contributed by atoms with van der Waals surface area (Å²) in [6.07, 6.45) is -0.747. The van der Waals surface area contributed by atoms with Crippen LogP contribution in [0.4, 0.5) is 19.3 Å². The van der Waals surface area contributed by atoms with E-state index < -0.39 is 102 Å². The highest BCUT2D eigenvalue weighted by Gasteiger charge is 2.44. The van der Waals surface area contributed by atoms with Crippen LogP contribution in [-0.2, 0) is 39.9 Å². The molecular weight excluding hydrogens is 732 g/mol. The third kappa shape index (κ3) is 10.6. The number of likely N-dealkylation sites (N-methyl/N-ethyl adjacent to an activating group) is 1. The van der Waals surface area contributed by atoms with Crippen LogP contribution in [0.1, 0.15) is 65.0 Å². The van der Waals surface area contributed by atoms with Crippen LogP contribution in [-0.4, -0.2) is 119 Å². The molecule has 2 aromatic carbocycles. The molecular formula is C39H51F2N7O8. The Morgan fingerprint density at radius 2 is 1.57 bits per heavy atom. The Kier molecular flexibility index (Phi) is 14.5. The molecule has 17 heteroatoms. The van der Waals surface area contributed by atoms with Gasteiger partial charge in [-0.25, -0.2) is 18.4 Å². The van der Waals surface area contributed by atoms with Gasteiger partial charge in [0.2, 0.25) is 29.5 Å². The number of carbonyl (C=O) groups excluding carboxylic acids is 7. The van der Waals surface area contributed by atoms with Crippen molar-refractivity contribution in [2.45, 2.75) is 110 Å². The highest BCUT2D eigenvalue weighted by molar-refractivity contribution is 5.98. The van der Waals surface area contributed by atoms with Crippen molar-refractivity contribution in [2.75, 3.05) is 25.5 Å². The third-order valence-corrected chi connectivity index (χ3v) is 10.0. The fourth-order valence-corrected chi connectivity index (χ4v) is 6.69. The van der Waals surface area contributed by atoms with Gasteiger partial charge in [0.15, 0.2) is 0 Å². The van der Waals surface area contributed by atoms with E-state index in [0.29, 0.717) is 24.6 Å². The van der Waals surface area contributed by atoms with Crippen molar-refractivity contribution in [3.63, 3.8) is 0 Å². The van der Waals surface area contributed by atoms with E-state index in [-0.39, 0.29) is 25.1 Å². The lowest BCUT2D eigenvalue weighted by Gasteiger charge is -2.36. The summed E-state index contributed by atoms with van der Waals surface area (Å²) >= 11 is 0. The first kappa shape index (κ1) is 43.1. The van der Waals surface area contributed by atoms with Gasteiger partial charge in [0, 0.05) is 38.3 Å². The Hall–Kier alpha value is -5.61. The number of rotatable bonds is 8. The molecule has 7 amide bonds. The van der Waals surface area contributed by atoms with Crippen molar-refractivity contribution in [2.24, 2.45) is 0 Å². The van der Waals surface area contributed by atoms with E-state index >= 15 is 0 Å². The zero-order chi connectivity index (χ0) is 41.4. The molecule has 0 spiro atoms. The Morgan fingerprint density at radius 3 is 2.20 bits per heavy atom. The first-order chi connectivity index (χ1) is 26.4. The molecule has 0 bridgehead atoms. The quantitative estimate of drug-likeness (QED) is 0.294. The average molecular weight is 784 g/mol. The van der Waals surface area contributed by atoms with Crippen LogP contribution in [0.2, 0.25) is 0 Å². The number of amides is 7. The van der Waals surface area contributed by atoms with E-state index in [4.69, 9.17) is 4.74 Å². The Morgan fingerprint density at radius 1 is 0.929 bits per heavy atom. The van der Waals surface area contributed by atoms with Gasteiger partial charge in [0.25, 0.3) is 0 Å². The summed E-state index contributed by atoms with van der Waals surface area (Å²) in [7, 11) is 1.41. The average Bonchev–Trinajstić information content (AvgIpc) is 3.64. The van der Waals surface area contributed by atoms with Gasteiger partial charge in [0.05, 0.1) is 0 Å². The first-order valence-electron chi connectivity index (χ1n) is 18.7. The Balaban J connectivity index is 1.72. The lowest BCUT2D eigenvalue weighted by Crippen LogP contribution is -2.62. The van der Waals surface area contributed by atoms with Gasteiger partial charge < -0.3 is 40.7 Å². The lowest BCUT2D eigenvalue weighted by atomic mass is 10.0. The van der Waals surface area contributed by atoms with Crippen molar-refractivity contribution in [1.82, 2.24) is 30.7 Å². The number of aryl methyl sites for hydroxylation is 1. The molecule has 2 saturated heterocycles. The maximum absolute atomic E-state index is 14.5. The van der Waals surface area contributed by atoms with Gasteiger partial charge in [-0.05, 0) is 83.7 Å². The summed E-state index contributed by atoms with van der Waals surface area (Å²) in [6, 6.07) is 1.03. The smallest absolute Gasteiger partial charge is 0.328 e. The van der Waals surface area contributed by atoms with Crippen LogP contribution in [0.15, 0.2) is 42.5 Å². The summed E-state index contributed by atoms with van der Waals surface area (Å²) in [5, 5.41) is 10.3. The van der Waals surface area contributed by atoms with Crippen LogP contribution in [0.3, 0.4) is 0 Å². The molecule has 0 aliphatic carbocycles. The molecule has 15 nitrogen and oxygen atoms in total. The van der Waals surface area contributed by atoms with E-state index in [9.17, 15) is 42.3 Å². The fraction of sp³-hybridized carbons (Fsp3) is 0.513. The van der Waals surface area contributed by atoms with Gasteiger partial charge >= 0.3 is 12.0 Å². The number of cyclic esters (lactones) is 1. The molecule has 2 aliphatic heterocycles. The number of benzene rings is 2. The van der Waals surface area contributed by atoms with Gasteiger partial charge in [-0.2, -0.15) is 0 Å². The summed E-state index contributed by atoms with van der Waals surface area (Å²) in [5.41, 5.74) is 1.33. The van der Waals surface area contributed by atoms with Gasteiger partial charge in [-0.1, -0.05) is 24.6 Å². The number of hydrogen-bond donors (Lipinski definition) is 4. The topological polar surface area (TPSA) is 187 Å². The number of halogens is 2. The third-order valence-electron chi connectivity index (χ3n) is 10.0. The molecule has 0 radical (unpaired) electrons. The minimum atomic E-state index is -1.64. The predicted octanol–water partition coefficient (Wildman–Crippen LogP) is 2.41. The van der Waals surface area contributed by atoms with E-state index in [0.717, 1.165) is 17.7 Å². The summed E-state index contributed by atoms with van der Waals surface area (Å²) in [6.45, 7) is 9.60. The van der Waals surface area contributed by atoms with Crippen LogP contribution < -0.4 is 21.3 Å². The van der Waals surface area contributed by atoms with Crippen LogP contribution >= 0.6 is 0 Å². The number of urea groups is 1. The SMILES string of the molecule is CCCN1C(=O)[C@H](C)NC(=O)[C@H](C)N(C)C(=O)C2CCCN2C(=O)[C@@H](NC(=O)[C@H](Cc2cc(F)cc(F)c2)NC(=O)Nc2ccc(C)cc2)[C@H](C)OC(=O)C1C. The largest absolute Gasteiger partial charge is 0.458 e. The minimum absolute atomic E-state index is 0.0113. The number of anilines is 1. The molecule has 56 heavy (non-hydrogen) atoms. The van der Waals surface area contributed by atoms with Crippen molar-refractivity contribution in [3.8, 4) is 0 Å². The summed E-state index contributed by atoms with van der Waals surface area (Å²) in [4.78, 5) is 99.9. The molecule has 7 atom stereocenters. The fourth-order valence-electron chi connectivity index (χ4n) is 6.69. The number of nitrogens with one attached hydrogen (secondary N) is 4. The normalized spacial score (nSPS) is 24.6. The molecule has 0 aromatic heterocycles. The monoisotopic (exact) mass is 783 g/mol. The molecule has 2 unspecified atom stereocenters. The van der Waals surface area contributed by atoms with E-state index in [1.165, 1.54) is 49.4 Å². The number of hydrogen-bond acceptors (Lipinski definition) is 8. The number of esters is 1. The molecule has 2 heterocycles. The molecule has 4 rings (SSSR count). The van der Waals surface area contributed by atoms with Crippen LogP contribution in [0.25, 0.3) is 0 Å². The first-order valence-corrected chi connectivity index (χ1v) is 18.7. The number of ether oxygens (including phenoxy) is 1. The molecule has 0 saturated carbocycles. The van der Waals surface area contributed by atoms with Crippen molar-refractivity contribution in [1.29, 1.82) is 0 Å².